The molecule has 2 aromatic rings. The maximum atomic E-state index is 11.5. The molecule has 0 aliphatic carbocycles. The average Bonchev–Trinajstić information content (AvgIpc) is 2.92. The zero-order chi connectivity index (χ0) is 12.8. The van der Waals surface area contributed by atoms with Crippen LogP contribution in [0.25, 0.3) is 0 Å². The molecule has 0 aliphatic rings. The Kier molecular flexibility index (Phi) is 4.44. The summed E-state index contributed by atoms with van der Waals surface area (Å²) in [4.78, 5) is 16.8. The van der Waals surface area contributed by atoms with E-state index in [1.807, 2.05) is 17.5 Å². The molecule has 0 aliphatic heterocycles. The first kappa shape index (κ1) is 12.7. The van der Waals surface area contributed by atoms with Crippen LogP contribution >= 0.6 is 11.3 Å². The van der Waals surface area contributed by atoms with E-state index < -0.39 is 5.97 Å². The fraction of sp³-hybridized carbons (Fsp3) is 0.231. The van der Waals surface area contributed by atoms with E-state index >= 15 is 0 Å². The molecule has 0 bridgehead atoms. The van der Waals surface area contributed by atoms with Crippen molar-refractivity contribution in [3.63, 3.8) is 0 Å². The van der Waals surface area contributed by atoms with Gasteiger partial charge in [-0.05, 0) is 23.6 Å². The largest absolute Gasteiger partial charge is 0.465 e. The molecule has 0 fully saturated rings. The zero-order valence-corrected chi connectivity index (χ0v) is 10.8. The molecule has 0 saturated carbocycles. The maximum absolute atomic E-state index is 11.5. The fourth-order valence-corrected chi connectivity index (χ4v) is 2.13. The van der Waals surface area contributed by atoms with Gasteiger partial charge in [-0.1, -0.05) is 6.07 Å². The van der Waals surface area contributed by atoms with Gasteiger partial charge in [0.15, 0.2) is 0 Å². The second kappa shape index (κ2) is 6.28. The molecule has 0 saturated heterocycles. The van der Waals surface area contributed by atoms with Crippen LogP contribution in [0.2, 0.25) is 0 Å². The lowest BCUT2D eigenvalue weighted by atomic mass is 10.2. The summed E-state index contributed by atoms with van der Waals surface area (Å²) in [5, 5.41) is 2.00. The summed E-state index contributed by atoms with van der Waals surface area (Å²) in [7, 11) is 1.35. The van der Waals surface area contributed by atoms with Gasteiger partial charge in [0, 0.05) is 11.1 Å². The Labute approximate surface area is 109 Å². The quantitative estimate of drug-likeness (QED) is 0.778. The number of hydrogen-bond donors (Lipinski definition) is 0. The standard InChI is InChI=1S/C13H13NO3S/c1-16-13(15)11-5-2-6-14-12(11)9-17-8-10-4-3-7-18-10/h2-7H,8-9H2,1H3. The van der Waals surface area contributed by atoms with Gasteiger partial charge in [0.1, 0.15) is 0 Å². The number of thiophene rings is 1. The van der Waals surface area contributed by atoms with E-state index in [9.17, 15) is 4.79 Å². The van der Waals surface area contributed by atoms with Crippen molar-refractivity contribution in [3.05, 3.63) is 52.0 Å². The van der Waals surface area contributed by atoms with Crippen molar-refractivity contribution in [2.45, 2.75) is 13.2 Å². The topological polar surface area (TPSA) is 48.4 Å². The van der Waals surface area contributed by atoms with E-state index in [2.05, 4.69) is 4.98 Å². The Balaban J connectivity index is 1.98. The Hall–Kier alpha value is -1.72. The van der Waals surface area contributed by atoms with Crippen molar-refractivity contribution >= 4 is 17.3 Å². The summed E-state index contributed by atoms with van der Waals surface area (Å²) in [6.45, 7) is 0.817. The van der Waals surface area contributed by atoms with Gasteiger partial charge < -0.3 is 9.47 Å². The van der Waals surface area contributed by atoms with Crippen molar-refractivity contribution in [2.24, 2.45) is 0 Å². The van der Waals surface area contributed by atoms with Crippen LogP contribution in [-0.2, 0) is 22.7 Å². The molecule has 5 heteroatoms. The van der Waals surface area contributed by atoms with Crippen LogP contribution in [0.1, 0.15) is 20.9 Å². The zero-order valence-electron chi connectivity index (χ0n) is 9.96. The SMILES string of the molecule is COC(=O)c1cccnc1COCc1cccs1. The first-order valence-electron chi connectivity index (χ1n) is 5.43. The molecule has 0 radical (unpaired) electrons. The molecule has 0 amide bonds. The van der Waals surface area contributed by atoms with E-state index in [4.69, 9.17) is 9.47 Å². The van der Waals surface area contributed by atoms with Crippen LogP contribution in [-0.4, -0.2) is 18.1 Å². The third-order valence-corrected chi connectivity index (χ3v) is 3.21. The molecule has 2 heterocycles. The number of methoxy groups -OCH3 is 1. The fourth-order valence-electron chi connectivity index (χ4n) is 1.49. The molecular weight excluding hydrogens is 250 g/mol. The van der Waals surface area contributed by atoms with Crippen molar-refractivity contribution in [1.29, 1.82) is 0 Å². The molecule has 18 heavy (non-hydrogen) atoms. The van der Waals surface area contributed by atoms with Crippen LogP contribution < -0.4 is 0 Å². The number of pyridine rings is 1. The van der Waals surface area contributed by atoms with Gasteiger partial charge in [-0.25, -0.2) is 4.79 Å². The molecule has 4 nitrogen and oxygen atoms in total. The first-order valence-corrected chi connectivity index (χ1v) is 6.31. The lowest BCUT2D eigenvalue weighted by Gasteiger charge is -2.06. The first-order chi connectivity index (χ1) is 8.81. The Morgan fingerprint density at radius 1 is 1.33 bits per heavy atom. The summed E-state index contributed by atoms with van der Waals surface area (Å²) < 4.78 is 10.2. The number of carbonyl (C=O) groups excluding carboxylic acids is 1. The summed E-state index contributed by atoms with van der Waals surface area (Å²) in [5.74, 6) is -0.391. The predicted octanol–water partition coefficient (Wildman–Crippen LogP) is 2.65. The number of hydrogen-bond acceptors (Lipinski definition) is 5. The van der Waals surface area contributed by atoms with Crippen LogP contribution in [0.3, 0.4) is 0 Å². The molecule has 0 N–H and O–H groups in total. The third-order valence-electron chi connectivity index (χ3n) is 2.36. The van der Waals surface area contributed by atoms with Crippen LogP contribution in [0, 0.1) is 0 Å². The monoisotopic (exact) mass is 263 g/mol. The second-order valence-electron chi connectivity index (χ2n) is 3.56. The Morgan fingerprint density at radius 3 is 2.94 bits per heavy atom. The highest BCUT2D eigenvalue weighted by molar-refractivity contribution is 7.09. The van der Waals surface area contributed by atoms with Gasteiger partial charge in [-0.3, -0.25) is 4.98 Å². The van der Waals surface area contributed by atoms with E-state index in [0.29, 0.717) is 24.5 Å². The molecule has 2 aromatic heterocycles. The van der Waals surface area contributed by atoms with Gasteiger partial charge in [-0.2, -0.15) is 0 Å². The van der Waals surface area contributed by atoms with Crippen molar-refractivity contribution in [1.82, 2.24) is 4.98 Å². The van der Waals surface area contributed by atoms with Gasteiger partial charge >= 0.3 is 5.97 Å². The van der Waals surface area contributed by atoms with Crippen LogP contribution in [0.5, 0.6) is 0 Å². The number of rotatable bonds is 5. The lowest BCUT2D eigenvalue weighted by molar-refractivity contribution is 0.0588. The highest BCUT2D eigenvalue weighted by Crippen LogP contribution is 2.13. The number of ether oxygens (including phenoxy) is 2. The number of aromatic nitrogens is 1. The summed E-state index contributed by atoms with van der Waals surface area (Å²) >= 11 is 1.64. The molecule has 94 valence electrons. The van der Waals surface area contributed by atoms with Crippen LogP contribution in [0.4, 0.5) is 0 Å². The predicted molar refractivity (Wildman–Crippen MR) is 68.4 cm³/mol. The van der Waals surface area contributed by atoms with E-state index in [1.165, 1.54) is 7.11 Å². The minimum atomic E-state index is -0.391. The number of nitrogens with zero attached hydrogens (tertiary/aromatic N) is 1. The Bertz CT molecular complexity index is 511. The summed E-state index contributed by atoms with van der Waals surface area (Å²) in [5.41, 5.74) is 1.05. The van der Waals surface area contributed by atoms with E-state index in [0.717, 1.165) is 4.88 Å². The molecule has 2 rings (SSSR count). The van der Waals surface area contributed by atoms with Gasteiger partial charge in [0.25, 0.3) is 0 Å². The maximum Gasteiger partial charge on any atom is 0.339 e. The highest BCUT2D eigenvalue weighted by Gasteiger charge is 2.12. The Morgan fingerprint density at radius 2 is 2.22 bits per heavy atom. The normalized spacial score (nSPS) is 10.3. The van der Waals surface area contributed by atoms with Crippen molar-refractivity contribution < 1.29 is 14.3 Å². The molecular formula is C13H13NO3S. The molecule has 0 spiro atoms. The highest BCUT2D eigenvalue weighted by atomic mass is 32.1. The van der Waals surface area contributed by atoms with Gasteiger partial charge in [-0.15, -0.1) is 11.3 Å². The lowest BCUT2D eigenvalue weighted by Crippen LogP contribution is -2.08. The minimum Gasteiger partial charge on any atom is -0.465 e. The van der Waals surface area contributed by atoms with Crippen molar-refractivity contribution in [2.75, 3.05) is 7.11 Å². The smallest absolute Gasteiger partial charge is 0.339 e. The number of esters is 1. The average molecular weight is 263 g/mol. The summed E-state index contributed by atoms with van der Waals surface area (Å²) in [6.07, 6.45) is 1.64. The summed E-state index contributed by atoms with van der Waals surface area (Å²) in [6, 6.07) is 7.37. The third kappa shape index (κ3) is 3.15. The van der Waals surface area contributed by atoms with Crippen molar-refractivity contribution in [3.8, 4) is 0 Å². The van der Waals surface area contributed by atoms with E-state index in [-0.39, 0.29) is 0 Å². The van der Waals surface area contributed by atoms with E-state index in [1.54, 1.807) is 29.7 Å². The molecule has 0 aromatic carbocycles. The molecule has 0 unspecified atom stereocenters. The molecule has 0 atom stereocenters. The van der Waals surface area contributed by atoms with Gasteiger partial charge in [0.2, 0.25) is 0 Å². The second-order valence-corrected chi connectivity index (χ2v) is 4.59. The van der Waals surface area contributed by atoms with Crippen LogP contribution in [0.15, 0.2) is 35.8 Å². The van der Waals surface area contributed by atoms with Gasteiger partial charge in [0.05, 0.1) is 31.6 Å². The number of carbonyl (C=O) groups is 1. The minimum absolute atomic E-state index is 0.295.